The van der Waals surface area contributed by atoms with Gasteiger partial charge in [-0.15, -0.1) is 0 Å². The third-order valence-corrected chi connectivity index (χ3v) is 7.30. The number of carbonyl (C=O) groups excluding carboxylic acids is 1. The van der Waals surface area contributed by atoms with Crippen molar-refractivity contribution in [2.45, 2.75) is 64.1 Å². The zero-order chi connectivity index (χ0) is 23.2. The Morgan fingerprint density at radius 3 is 2.50 bits per heavy atom. The smallest absolute Gasteiger partial charge is 0.225 e. The highest BCUT2D eigenvalue weighted by molar-refractivity contribution is 5.79. The second-order valence-corrected chi connectivity index (χ2v) is 9.74. The monoisotopic (exact) mass is 457 g/mol. The molecule has 0 atom stereocenters. The first-order chi connectivity index (χ1) is 16.8. The van der Waals surface area contributed by atoms with Crippen LogP contribution in [-0.4, -0.2) is 44.7 Å². The molecule has 0 bridgehead atoms. The molecule has 1 N–H and O–H groups in total. The van der Waals surface area contributed by atoms with Gasteiger partial charge in [0.2, 0.25) is 5.91 Å². The van der Waals surface area contributed by atoms with Crippen molar-refractivity contribution >= 4 is 5.91 Å². The molecule has 1 saturated carbocycles. The summed E-state index contributed by atoms with van der Waals surface area (Å²) in [6.07, 6.45) is 13.7. The van der Waals surface area contributed by atoms with Gasteiger partial charge in [-0.2, -0.15) is 5.10 Å². The van der Waals surface area contributed by atoms with Gasteiger partial charge in [-0.25, -0.2) is 0 Å². The number of hydrogen-bond donors (Lipinski definition) is 1. The van der Waals surface area contributed by atoms with Crippen LogP contribution in [0.25, 0.3) is 11.3 Å². The molecule has 1 amide bonds. The van der Waals surface area contributed by atoms with Crippen molar-refractivity contribution < 1.29 is 4.79 Å². The molecule has 34 heavy (non-hydrogen) atoms. The zero-order valence-corrected chi connectivity index (χ0v) is 19.9. The maximum absolute atomic E-state index is 12.9. The van der Waals surface area contributed by atoms with Crippen molar-refractivity contribution in [3.63, 3.8) is 0 Å². The van der Waals surface area contributed by atoms with Crippen LogP contribution in [0.15, 0.2) is 61.1 Å². The predicted molar refractivity (Wildman–Crippen MR) is 134 cm³/mol. The third-order valence-electron chi connectivity index (χ3n) is 7.30. The maximum Gasteiger partial charge on any atom is 0.225 e. The molecule has 2 fully saturated rings. The van der Waals surface area contributed by atoms with Crippen LogP contribution in [0.4, 0.5) is 0 Å². The fourth-order valence-corrected chi connectivity index (χ4v) is 5.36. The van der Waals surface area contributed by atoms with Gasteiger partial charge in [-0.05, 0) is 43.4 Å². The number of carbonyl (C=O) groups is 1. The van der Waals surface area contributed by atoms with Crippen LogP contribution in [0.3, 0.4) is 0 Å². The summed E-state index contributed by atoms with van der Waals surface area (Å²) in [7, 11) is 0. The van der Waals surface area contributed by atoms with Crippen molar-refractivity contribution in [1.82, 2.24) is 25.0 Å². The number of rotatable bonds is 7. The fraction of sp³-hybridized carbons (Fsp3) is 0.464. The summed E-state index contributed by atoms with van der Waals surface area (Å²) in [5.74, 6) is 0.676. The Morgan fingerprint density at radius 1 is 0.971 bits per heavy atom. The molecule has 6 nitrogen and oxygen atoms in total. The van der Waals surface area contributed by atoms with Crippen LogP contribution in [0.2, 0.25) is 0 Å². The standard InChI is InChI=1S/C28H35N5O/c34-28(23-10-5-2-6-11-23)32-16-13-26(14-17-32)30-19-25-21-33(20-22-8-3-1-4-9-22)31-27(25)24-12-7-15-29-18-24/h1,3-4,7-9,12,15,18,21,23,26,30H,2,5-6,10-11,13-14,16-17,19-20H2. The zero-order valence-electron chi connectivity index (χ0n) is 19.9. The summed E-state index contributed by atoms with van der Waals surface area (Å²) in [6.45, 7) is 3.25. The Labute approximate surface area is 202 Å². The largest absolute Gasteiger partial charge is 0.342 e. The minimum atomic E-state index is 0.274. The fourth-order valence-electron chi connectivity index (χ4n) is 5.36. The average molecular weight is 458 g/mol. The highest BCUT2D eigenvalue weighted by Crippen LogP contribution is 2.27. The lowest BCUT2D eigenvalue weighted by Crippen LogP contribution is -2.46. The van der Waals surface area contributed by atoms with E-state index in [1.54, 1.807) is 6.20 Å². The van der Waals surface area contributed by atoms with Gasteiger partial charge in [-0.3, -0.25) is 14.5 Å². The quantitative estimate of drug-likeness (QED) is 0.561. The number of aromatic nitrogens is 3. The van der Waals surface area contributed by atoms with Crippen LogP contribution in [0.1, 0.15) is 56.1 Å². The van der Waals surface area contributed by atoms with Crippen LogP contribution in [-0.2, 0) is 17.9 Å². The highest BCUT2D eigenvalue weighted by Gasteiger charge is 2.29. The molecule has 0 radical (unpaired) electrons. The topological polar surface area (TPSA) is 63.1 Å². The van der Waals surface area contributed by atoms with Crippen LogP contribution in [0, 0.1) is 5.92 Å². The van der Waals surface area contributed by atoms with Crippen LogP contribution >= 0.6 is 0 Å². The van der Waals surface area contributed by atoms with E-state index in [-0.39, 0.29) is 5.92 Å². The third kappa shape index (κ3) is 5.55. The number of nitrogens with zero attached hydrogens (tertiary/aromatic N) is 4. The van der Waals surface area contributed by atoms with E-state index in [1.807, 2.05) is 23.0 Å². The Balaban J connectivity index is 1.21. The molecule has 0 spiro atoms. The first-order valence-corrected chi connectivity index (χ1v) is 12.8. The second kappa shape index (κ2) is 11.0. The molecule has 1 aliphatic carbocycles. The second-order valence-electron chi connectivity index (χ2n) is 9.74. The molecule has 178 valence electrons. The summed E-state index contributed by atoms with van der Waals surface area (Å²) in [4.78, 5) is 19.3. The SMILES string of the molecule is O=C(C1CCCCC1)N1CCC(NCc2cn(Cc3ccccc3)nc2-c2cccnc2)CC1. The van der Waals surface area contributed by atoms with E-state index in [2.05, 4.69) is 51.7 Å². The number of piperidine rings is 1. The molecule has 2 aliphatic rings. The highest BCUT2D eigenvalue weighted by atomic mass is 16.2. The number of benzene rings is 1. The van der Waals surface area contributed by atoms with E-state index in [9.17, 15) is 4.79 Å². The molecular formula is C28H35N5O. The Hall–Kier alpha value is -2.99. The summed E-state index contributed by atoms with van der Waals surface area (Å²) in [5, 5.41) is 8.66. The number of pyridine rings is 1. The van der Waals surface area contributed by atoms with Gasteiger partial charge in [0.25, 0.3) is 0 Å². The van der Waals surface area contributed by atoms with E-state index in [4.69, 9.17) is 5.10 Å². The lowest BCUT2D eigenvalue weighted by Gasteiger charge is -2.35. The molecular weight excluding hydrogens is 422 g/mol. The van der Waals surface area contributed by atoms with E-state index in [1.165, 1.54) is 30.4 Å². The minimum absolute atomic E-state index is 0.274. The minimum Gasteiger partial charge on any atom is -0.342 e. The summed E-state index contributed by atoms with van der Waals surface area (Å²) >= 11 is 0. The molecule has 6 heteroatoms. The first-order valence-electron chi connectivity index (χ1n) is 12.8. The molecule has 2 aromatic heterocycles. The Kier molecular flexibility index (Phi) is 7.34. The van der Waals surface area contributed by atoms with E-state index in [0.717, 1.165) is 63.1 Å². The van der Waals surface area contributed by atoms with Gasteiger partial charge in [0.1, 0.15) is 0 Å². The van der Waals surface area contributed by atoms with Crippen LogP contribution in [0.5, 0.6) is 0 Å². The van der Waals surface area contributed by atoms with Gasteiger partial charge in [0.05, 0.1) is 12.2 Å². The van der Waals surface area contributed by atoms with Gasteiger partial charge in [0, 0.05) is 61.3 Å². The lowest BCUT2D eigenvalue weighted by molar-refractivity contribution is -0.137. The van der Waals surface area contributed by atoms with Crippen molar-refractivity contribution in [3.8, 4) is 11.3 Å². The summed E-state index contributed by atoms with van der Waals surface area (Å²) in [6, 6.07) is 14.9. The van der Waals surface area contributed by atoms with E-state index < -0.39 is 0 Å². The molecule has 3 heterocycles. The lowest BCUT2D eigenvalue weighted by atomic mass is 9.87. The maximum atomic E-state index is 12.9. The number of amides is 1. The summed E-state index contributed by atoms with van der Waals surface area (Å²) in [5.41, 5.74) is 4.45. The Morgan fingerprint density at radius 2 is 1.76 bits per heavy atom. The molecule has 0 unspecified atom stereocenters. The normalized spacial score (nSPS) is 17.7. The van der Waals surface area contributed by atoms with Gasteiger partial charge in [-0.1, -0.05) is 49.6 Å². The van der Waals surface area contributed by atoms with Crippen molar-refractivity contribution in [1.29, 1.82) is 0 Å². The van der Waals surface area contributed by atoms with E-state index in [0.29, 0.717) is 11.9 Å². The molecule has 1 saturated heterocycles. The summed E-state index contributed by atoms with van der Waals surface area (Å²) < 4.78 is 2.03. The van der Waals surface area contributed by atoms with Gasteiger partial charge in [0.15, 0.2) is 0 Å². The molecule has 1 aromatic carbocycles. The van der Waals surface area contributed by atoms with Crippen molar-refractivity contribution in [2.75, 3.05) is 13.1 Å². The van der Waals surface area contributed by atoms with Gasteiger partial charge < -0.3 is 10.2 Å². The van der Waals surface area contributed by atoms with Crippen LogP contribution < -0.4 is 5.32 Å². The van der Waals surface area contributed by atoms with E-state index >= 15 is 0 Å². The number of nitrogens with one attached hydrogen (secondary N) is 1. The molecule has 3 aromatic rings. The number of likely N-dealkylation sites (tertiary alicyclic amines) is 1. The number of hydrogen-bond acceptors (Lipinski definition) is 4. The first kappa shape index (κ1) is 22.8. The Bertz CT molecular complexity index is 1050. The van der Waals surface area contributed by atoms with Crippen molar-refractivity contribution in [2.24, 2.45) is 5.92 Å². The van der Waals surface area contributed by atoms with Crippen molar-refractivity contribution in [3.05, 3.63) is 72.2 Å². The predicted octanol–water partition coefficient (Wildman–Crippen LogP) is 4.65. The molecule has 5 rings (SSSR count). The molecule has 1 aliphatic heterocycles. The van der Waals surface area contributed by atoms with Gasteiger partial charge >= 0.3 is 0 Å². The average Bonchev–Trinajstić information content (AvgIpc) is 3.31.